The van der Waals surface area contributed by atoms with Crippen molar-refractivity contribution >= 4 is 16.9 Å². The second kappa shape index (κ2) is 10.8. The number of benzene rings is 1. The molecule has 0 saturated carbocycles. The average molecular weight is 345 g/mol. The van der Waals surface area contributed by atoms with E-state index in [-0.39, 0.29) is 0 Å². The van der Waals surface area contributed by atoms with Gasteiger partial charge in [0, 0.05) is 49.9 Å². The fourth-order valence-electron chi connectivity index (χ4n) is 2.91. The first kappa shape index (κ1) is 19.3. The van der Waals surface area contributed by atoms with Crippen molar-refractivity contribution in [1.82, 2.24) is 15.6 Å². The van der Waals surface area contributed by atoms with E-state index in [1.165, 1.54) is 28.6 Å². The van der Waals surface area contributed by atoms with Gasteiger partial charge in [0.25, 0.3) is 0 Å². The molecule has 0 aliphatic carbocycles. The molecule has 0 spiro atoms. The number of H-pyrrole nitrogens is 1. The van der Waals surface area contributed by atoms with E-state index in [0.717, 1.165) is 51.5 Å². The molecule has 0 aliphatic rings. The van der Waals surface area contributed by atoms with Crippen LogP contribution < -0.4 is 10.6 Å². The van der Waals surface area contributed by atoms with Crippen LogP contribution >= 0.6 is 0 Å². The first-order valence-electron chi connectivity index (χ1n) is 9.34. The van der Waals surface area contributed by atoms with Crippen LogP contribution in [0.3, 0.4) is 0 Å². The van der Waals surface area contributed by atoms with E-state index in [9.17, 15) is 0 Å². The van der Waals surface area contributed by atoms with Crippen molar-refractivity contribution in [1.29, 1.82) is 0 Å². The molecule has 25 heavy (non-hydrogen) atoms. The number of fused-ring (bicyclic) bond motifs is 1. The van der Waals surface area contributed by atoms with Crippen molar-refractivity contribution < 1.29 is 4.74 Å². The molecule has 1 aromatic heterocycles. The second-order valence-electron chi connectivity index (χ2n) is 6.27. The minimum atomic E-state index is 0.804. The molecule has 0 radical (unpaired) electrons. The number of aromatic amines is 1. The fourth-order valence-corrected chi connectivity index (χ4v) is 2.91. The van der Waals surface area contributed by atoms with E-state index in [0.29, 0.717) is 0 Å². The molecule has 0 bridgehead atoms. The van der Waals surface area contributed by atoms with Crippen molar-refractivity contribution in [3.63, 3.8) is 0 Å². The van der Waals surface area contributed by atoms with Crippen molar-refractivity contribution in [2.75, 3.05) is 33.4 Å². The Morgan fingerprint density at radius 3 is 2.68 bits per heavy atom. The maximum Gasteiger partial charge on any atom is 0.190 e. The molecule has 3 N–H and O–H groups in total. The Bertz CT molecular complexity index is 663. The molecule has 1 aromatic carbocycles. The minimum absolute atomic E-state index is 0.804. The van der Waals surface area contributed by atoms with Crippen LogP contribution in [-0.2, 0) is 11.2 Å². The Balaban J connectivity index is 1.69. The van der Waals surface area contributed by atoms with E-state index < -0.39 is 0 Å². The molecule has 0 unspecified atom stereocenters. The lowest BCUT2D eigenvalue weighted by Crippen LogP contribution is -2.39. The summed E-state index contributed by atoms with van der Waals surface area (Å²) < 4.78 is 5.57. The molecular weight excluding hydrogens is 312 g/mol. The SMILES string of the molecule is CCCCOCCCNC(=NC)NCCc1c(C)[nH]c2ccccc12. The lowest BCUT2D eigenvalue weighted by Gasteiger charge is -2.12. The maximum absolute atomic E-state index is 5.57. The summed E-state index contributed by atoms with van der Waals surface area (Å²) in [4.78, 5) is 7.74. The number of unbranched alkanes of at least 4 members (excludes halogenated alkanes) is 1. The van der Waals surface area contributed by atoms with E-state index in [1.54, 1.807) is 0 Å². The van der Waals surface area contributed by atoms with E-state index in [2.05, 4.69) is 58.7 Å². The predicted molar refractivity (Wildman–Crippen MR) is 106 cm³/mol. The zero-order valence-corrected chi connectivity index (χ0v) is 15.8. The van der Waals surface area contributed by atoms with Crippen LogP contribution in [0.4, 0.5) is 0 Å². The largest absolute Gasteiger partial charge is 0.381 e. The number of para-hydroxylation sites is 1. The number of ether oxygens (including phenoxy) is 1. The Morgan fingerprint density at radius 1 is 1.12 bits per heavy atom. The summed E-state index contributed by atoms with van der Waals surface area (Å²) in [6.07, 6.45) is 4.29. The molecule has 2 aromatic rings. The lowest BCUT2D eigenvalue weighted by atomic mass is 10.1. The highest BCUT2D eigenvalue weighted by molar-refractivity contribution is 5.84. The molecular formula is C20H32N4O. The first-order valence-corrected chi connectivity index (χ1v) is 9.34. The van der Waals surface area contributed by atoms with Gasteiger partial charge in [-0.2, -0.15) is 0 Å². The summed E-state index contributed by atoms with van der Waals surface area (Å²) in [6, 6.07) is 8.47. The Labute approximate surface area is 151 Å². The zero-order chi connectivity index (χ0) is 17.9. The summed E-state index contributed by atoms with van der Waals surface area (Å²) in [6.45, 7) is 7.72. The van der Waals surface area contributed by atoms with E-state index >= 15 is 0 Å². The van der Waals surface area contributed by atoms with E-state index in [4.69, 9.17) is 4.74 Å². The van der Waals surface area contributed by atoms with Gasteiger partial charge in [-0.15, -0.1) is 0 Å². The van der Waals surface area contributed by atoms with E-state index in [1.807, 2.05) is 7.05 Å². The number of hydrogen-bond acceptors (Lipinski definition) is 2. The third-order valence-electron chi connectivity index (χ3n) is 4.32. The van der Waals surface area contributed by atoms with Crippen LogP contribution in [0, 0.1) is 6.92 Å². The van der Waals surface area contributed by atoms with Crippen LogP contribution in [0.15, 0.2) is 29.3 Å². The van der Waals surface area contributed by atoms with Crippen LogP contribution in [0.25, 0.3) is 10.9 Å². The van der Waals surface area contributed by atoms with Gasteiger partial charge in [-0.25, -0.2) is 0 Å². The van der Waals surface area contributed by atoms with Crippen molar-refractivity contribution in [2.24, 2.45) is 4.99 Å². The number of guanidine groups is 1. The zero-order valence-electron chi connectivity index (χ0n) is 15.8. The molecule has 0 atom stereocenters. The van der Waals surface area contributed by atoms with Crippen LogP contribution in [0.5, 0.6) is 0 Å². The van der Waals surface area contributed by atoms with Gasteiger partial charge in [0.15, 0.2) is 5.96 Å². The molecule has 2 rings (SSSR count). The summed E-state index contributed by atoms with van der Waals surface area (Å²) in [7, 11) is 1.81. The van der Waals surface area contributed by atoms with Gasteiger partial charge in [-0.1, -0.05) is 31.5 Å². The molecule has 0 aliphatic heterocycles. The van der Waals surface area contributed by atoms with Crippen LogP contribution in [0.1, 0.15) is 37.4 Å². The first-order chi connectivity index (χ1) is 12.3. The number of aliphatic imine (C=N–C) groups is 1. The summed E-state index contributed by atoms with van der Waals surface area (Å²) in [5.41, 5.74) is 3.83. The van der Waals surface area contributed by atoms with Crippen molar-refractivity contribution in [2.45, 2.75) is 39.5 Å². The van der Waals surface area contributed by atoms with Crippen molar-refractivity contribution in [3.8, 4) is 0 Å². The third-order valence-corrected chi connectivity index (χ3v) is 4.32. The van der Waals surface area contributed by atoms with Gasteiger partial charge in [-0.3, -0.25) is 4.99 Å². The summed E-state index contributed by atoms with van der Waals surface area (Å²) in [5, 5.41) is 8.05. The molecule has 138 valence electrons. The van der Waals surface area contributed by atoms with Crippen LogP contribution in [-0.4, -0.2) is 44.3 Å². The predicted octanol–water partition coefficient (Wildman–Crippen LogP) is 3.39. The normalized spacial score (nSPS) is 11.9. The molecule has 1 heterocycles. The molecule has 0 amide bonds. The summed E-state index contributed by atoms with van der Waals surface area (Å²) in [5.74, 6) is 0.853. The van der Waals surface area contributed by atoms with Gasteiger partial charge >= 0.3 is 0 Å². The highest BCUT2D eigenvalue weighted by Gasteiger charge is 2.07. The average Bonchev–Trinajstić information content (AvgIpc) is 2.95. The van der Waals surface area contributed by atoms with Crippen molar-refractivity contribution in [3.05, 3.63) is 35.5 Å². The standard InChI is InChI=1S/C20H32N4O/c1-4-5-14-25-15-8-12-22-20(21-3)23-13-11-17-16(2)24-19-10-7-6-9-18(17)19/h6-7,9-10,24H,4-5,8,11-15H2,1-3H3,(H2,21,22,23). The van der Waals surface area contributed by atoms with Gasteiger partial charge < -0.3 is 20.4 Å². The highest BCUT2D eigenvalue weighted by Crippen LogP contribution is 2.21. The number of hydrogen-bond donors (Lipinski definition) is 3. The number of nitrogens with one attached hydrogen (secondary N) is 3. The second-order valence-corrected chi connectivity index (χ2v) is 6.27. The van der Waals surface area contributed by atoms with Gasteiger partial charge in [0.1, 0.15) is 0 Å². The number of rotatable bonds is 10. The van der Waals surface area contributed by atoms with Crippen LogP contribution in [0.2, 0.25) is 0 Å². The Hall–Kier alpha value is -2.01. The third kappa shape index (κ3) is 6.09. The smallest absolute Gasteiger partial charge is 0.190 e. The Morgan fingerprint density at radius 2 is 1.88 bits per heavy atom. The van der Waals surface area contributed by atoms with Gasteiger partial charge in [0.2, 0.25) is 0 Å². The molecule has 0 saturated heterocycles. The highest BCUT2D eigenvalue weighted by atomic mass is 16.5. The number of aromatic nitrogens is 1. The lowest BCUT2D eigenvalue weighted by molar-refractivity contribution is 0.129. The maximum atomic E-state index is 5.57. The molecule has 0 fully saturated rings. The Kier molecular flexibility index (Phi) is 8.32. The van der Waals surface area contributed by atoms with Gasteiger partial charge in [-0.05, 0) is 37.8 Å². The monoisotopic (exact) mass is 344 g/mol. The molecule has 5 nitrogen and oxygen atoms in total. The quantitative estimate of drug-likeness (QED) is 0.352. The fraction of sp³-hybridized carbons (Fsp3) is 0.550. The number of aryl methyl sites for hydroxylation is 1. The molecule has 5 heteroatoms. The minimum Gasteiger partial charge on any atom is -0.381 e. The summed E-state index contributed by atoms with van der Waals surface area (Å²) >= 11 is 0. The van der Waals surface area contributed by atoms with Gasteiger partial charge in [0.05, 0.1) is 0 Å². The number of nitrogens with zero attached hydrogens (tertiary/aromatic N) is 1. The topological polar surface area (TPSA) is 61.4 Å².